The van der Waals surface area contributed by atoms with Crippen LogP contribution < -0.4 is 0 Å². The smallest absolute Gasteiger partial charge is 0.337 e. The third-order valence-corrected chi connectivity index (χ3v) is 12.6. The van der Waals surface area contributed by atoms with Crippen molar-refractivity contribution in [3.63, 3.8) is 0 Å². The SMILES string of the molecule is CCCC[N+](CCCC)(CCCC)CCCC.CCCC[N+](CCCC)(CCCC)CCCC.O=C(O)c1ccccc1S(=O)(=O)c1ccccc1C(=O)O. The molecule has 0 radical (unpaired) electrons. The average Bonchev–Trinajstić information content (AvgIpc) is 3.20. The maximum Gasteiger partial charge on any atom is 0.337 e. The maximum absolute atomic E-state index is 12.6. The highest BCUT2D eigenvalue weighted by Crippen LogP contribution is 2.27. The quantitative estimate of drug-likeness (QED) is 0.0831. The van der Waals surface area contributed by atoms with E-state index in [-0.39, 0.29) is 0 Å². The van der Waals surface area contributed by atoms with Crippen molar-refractivity contribution in [3.05, 3.63) is 59.7 Å². The van der Waals surface area contributed by atoms with Gasteiger partial charge in [0.25, 0.3) is 0 Å². The molecule has 2 N–H and O–H groups in total. The number of carboxylic acids is 2. The number of hydrogen-bond acceptors (Lipinski definition) is 4. The predicted molar refractivity (Wildman–Crippen MR) is 231 cm³/mol. The van der Waals surface area contributed by atoms with Gasteiger partial charge in [0, 0.05) is 0 Å². The van der Waals surface area contributed by atoms with Crippen LogP contribution in [0.15, 0.2) is 58.3 Å². The highest BCUT2D eigenvalue weighted by Gasteiger charge is 2.28. The first-order valence-corrected chi connectivity index (χ1v) is 23.4. The van der Waals surface area contributed by atoms with Gasteiger partial charge in [-0.3, -0.25) is 0 Å². The van der Waals surface area contributed by atoms with Crippen LogP contribution in [-0.4, -0.2) is 91.9 Å². The number of nitrogens with zero attached hydrogens (tertiary/aromatic N) is 2. The van der Waals surface area contributed by atoms with Gasteiger partial charge in [-0.25, -0.2) is 18.0 Å². The first kappa shape index (κ1) is 52.2. The number of rotatable bonds is 28. The molecule has 0 aliphatic heterocycles. The minimum absolute atomic E-state index is 0.405. The van der Waals surface area contributed by atoms with Crippen molar-refractivity contribution >= 4 is 21.8 Å². The van der Waals surface area contributed by atoms with Crippen LogP contribution in [0, 0.1) is 0 Å². The molecule has 0 spiro atoms. The van der Waals surface area contributed by atoms with Crippen molar-refractivity contribution in [1.29, 1.82) is 0 Å². The molecule has 0 aliphatic carbocycles. The number of quaternary nitrogens is 2. The number of benzene rings is 2. The fourth-order valence-electron chi connectivity index (χ4n) is 7.16. The van der Waals surface area contributed by atoms with Crippen LogP contribution in [0.25, 0.3) is 0 Å². The molecule has 55 heavy (non-hydrogen) atoms. The molecule has 2 aromatic carbocycles. The summed E-state index contributed by atoms with van der Waals surface area (Å²) in [6.45, 7) is 30.0. The van der Waals surface area contributed by atoms with Gasteiger partial charge in [-0.1, -0.05) is 131 Å². The molecule has 0 aliphatic rings. The third-order valence-electron chi connectivity index (χ3n) is 10.7. The molecule has 0 aromatic heterocycles. The van der Waals surface area contributed by atoms with Gasteiger partial charge in [0.15, 0.2) is 0 Å². The van der Waals surface area contributed by atoms with E-state index in [1.807, 2.05) is 0 Å². The van der Waals surface area contributed by atoms with Gasteiger partial charge in [-0.2, -0.15) is 0 Å². The molecule has 0 fully saturated rings. The normalized spacial score (nSPS) is 11.6. The lowest BCUT2D eigenvalue weighted by Gasteiger charge is -2.39. The van der Waals surface area contributed by atoms with Crippen LogP contribution in [0.5, 0.6) is 0 Å². The summed E-state index contributed by atoms with van der Waals surface area (Å²) < 4.78 is 28.0. The summed E-state index contributed by atoms with van der Waals surface area (Å²) in [5, 5.41) is 18.1. The van der Waals surface area contributed by atoms with E-state index in [0.717, 1.165) is 24.3 Å². The second-order valence-electron chi connectivity index (χ2n) is 15.4. The Labute approximate surface area is 337 Å². The van der Waals surface area contributed by atoms with Crippen molar-refractivity contribution in [2.45, 2.75) is 168 Å². The predicted octanol–water partition coefficient (Wildman–Crippen LogP) is 11.9. The van der Waals surface area contributed by atoms with Gasteiger partial charge in [0.1, 0.15) is 0 Å². The molecule has 0 saturated carbocycles. The van der Waals surface area contributed by atoms with E-state index in [4.69, 9.17) is 10.2 Å². The molecule has 316 valence electrons. The summed E-state index contributed by atoms with van der Waals surface area (Å²) in [5.41, 5.74) is -0.810. The Morgan fingerprint density at radius 1 is 0.418 bits per heavy atom. The van der Waals surface area contributed by atoms with Crippen molar-refractivity contribution in [2.75, 3.05) is 52.4 Å². The second kappa shape index (κ2) is 30.4. The van der Waals surface area contributed by atoms with E-state index >= 15 is 0 Å². The largest absolute Gasteiger partial charge is 0.478 e. The summed E-state index contributed by atoms with van der Waals surface area (Å²) in [6.07, 6.45) is 22.1. The molecule has 0 bridgehead atoms. The van der Waals surface area contributed by atoms with E-state index in [9.17, 15) is 18.0 Å². The Balaban J connectivity index is 0.000000804. The van der Waals surface area contributed by atoms with Gasteiger partial charge in [-0.15, -0.1) is 0 Å². The van der Waals surface area contributed by atoms with Gasteiger partial charge in [0.05, 0.1) is 73.3 Å². The summed E-state index contributed by atoms with van der Waals surface area (Å²) in [6, 6.07) is 10.1. The van der Waals surface area contributed by atoms with Crippen LogP contribution >= 0.6 is 0 Å². The van der Waals surface area contributed by atoms with Gasteiger partial charge < -0.3 is 19.2 Å². The van der Waals surface area contributed by atoms with E-state index < -0.39 is 42.7 Å². The molecule has 0 amide bonds. The maximum atomic E-state index is 12.6. The Kier molecular flexibility index (Phi) is 28.9. The molecule has 8 nitrogen and oxygen atoms in total. The number of unbranched alkanes of at least 4 members (excludes halogenated alkanes) is 8. The lowest BCUT2D eigenvalue weighted by atomic mass is 10.1. The zero-order valence-electron chi connectivity index (χ0n) is 36.4. The third kappa shape index (κ3) is 19.8. The molecule has 0 unspecified atom stereocenters. The van der Waals surface area contributed by atoms with E-state index in [1.165, 1.54) is 188 Å². The average molecular weight is 791 g/mol. The zero-order chi connectivity index (χ0) is 41.6. The summed E-state index contributed by atoms with van der Waals surface area (Å²) in [4.78, 5) is 21.4. The summed E-state index contributed by atoms with van der Waals surface area (Å²) in [7, 11) is -4.25. The highest BCUT2D eigenvalue weighted by atomic mass is 32.2. The Morgan fingerprint density at radius 3 is 0.800 bits per heavy atom. The standard InChI is InChI=1S/2C16H36N.C14H10O6S/c2*1-5-9-13-17(14-10-6-2,15-11-7-3)16-12-8-4;15-13(16)9-5-1-3-7-11(9)21(19,20)12-8-4-2-6-10(12)14(17)18/h2*5-16H2,1-4H3;1-8H,(H,15,16)(H,17,18)/q2*+1;. The number of aromatic carboxylic acids is 2. The highest BCUT2D eigenvalue weighted by molar-refractivity contribution is 7.91. The van der Waals surface area contributed by atoms with Crippen molar-refractivity contribution < 1.29 is 37.2 Å². The number of hydrogen-bond donors (Lipinski definition) is 2. The fourth-order valence-corrected chi connectivity index (χ4v) is 8.81. The van der Waals surface area contributed by atoms with Crippen LogP contribution in [0.2, 0.25) is 0 Å². The van der Waals surface area contributed by atoms with Crippen LogP contribution in [0.3, 0.4) is 0 Å². The first-order valence-electron chi connectivity index (χ1n) is 21.9. The van der Waals surface area contributed by atoms with Gasteiger partial charge >= 0.3 is 11.9 Å². The molecule has 0 saturated heterocycles. The minimum Gasteiger partial charge on any atom is -0.478 e. The number of sulfone groups is 1. The zero-order valence-corrected chi connectivity index (χ0v) is 37.2. The topological polar surface area (TPSA) is 109 Å². The van der Waals surface area contributed by atoms with Crippen molar-refractivity contribution in [2.24, 2.45) is 0 Å². The number of carboxylic acid groups (broad SMARTS) is 2. The monoisotopic (exact) mass is 791 g/mol. The summed E-state index contributed by atoms with van der Waals surface area (Å²) >= 11 is 0. The van der Waals surface area contributed by atoms with Gasteiger partial charge in [-0.05, 0) is 75.6 Å². The van der Waals surface area contributed by atoms with Gasteiger partial charge in [0.2, 0.25) is 9.84 Å². The lowest BCUT2D eigenvalue weighted by molar-refractivity contribution is -0.929. The second-order valence-corrected chi connectivity index (χ2v) is 17.3. The summed E-state index contributed by atoms with van der Waals surface area (Å²) in [5.74, 6) is -2.80. The van der Waals surface area contributed by atoms with E-state index in [0.29, 0.717) is 0 Å². The number of carbonyl (C=O) groups is 2. The lowest BCUT2D eigenvalue weighted by Crippen LogP contribution is -2.50. The molecule has 0 heterocycles. The Bertz CT molecular complexity index is 1240. The van der Waals surface area contributed by atoms with Crippen molar-refractivity contribution in [3.8, 4) is 0 Å². The molecule has 2 rings (SSSR count). The van der Waals surface area contributed by atoms with Crippen LogP contribution in [-0.2, 0) is 9.84 Å². The van der Waals surface area contributed by atoms with Crippen molar-refractivity contribution in [1.82, 2.24) is 0 Å². The Hall–Kier alpha value is -2.75. The molecular weight excluding hydrogens is 709 g/mol. The van der Waals surface area contributed by atoms with E-state index in [1.54, 1.807) is 0 Å². The fraction of sp³-hybridized carbons (Fsp3) is 0.696. The molecule has 9 heteroatoms. The van der Waals surface area contributed by atoms with Crippen LogP contribution in [0.1, 0.15) is 179 Å². The molecule has 0 atom stereocenters. The molecule has 2 aromatic rings. The minimum atomic E-state index is -4.25. The Morgan fingerprint density at radius 2 is 0.618 bits per heavy atom. The molecular formula is C46H82N2O6S+2. The van der Waals surface area contributed by atoms with Crippen LogP contribution in [0.4, 0.5) is 0 Å². The first-order chi connectivity index (χ1) is 26.3. The van der Waals surface area contributed by atoms with E-state index in [2.05, 4.69) is 55.4 Å².